The number of nitrogens with one attached hydrogen (secondary N) is 2. The van der Waals surface area contributed by atoms with Gasteiger partial charge in [-0.2, -0.15) is 0 Å². The van der Waals surface area contributed by atoms with Crippen molar-refractivity contribution in [1.29, 1.82) is 0 Å². The first kappa shape index (κ1) is 22.3. The summed E-state index contributed by atoms with van der Waals surface area (Å²) in [4.78, 5) is 11.0. The highest BCUT2D eigenvalue weighted by molar-refractivity contribution is 14.0. The highest BCUT2D eigenvalue weighted by atomic mass is 127. The highest BCUT2D eigenvalue weighted by Gasteiger charge is 2.14. The fourth-order valence-corrected chi connectivity index (χ4v) is 2.47. The van der Waals surface area contributed by atoms with Crippen LogP contribution >= 0.6 is 24.0 Å². The van der Waals surface area contributed by atoms with Gasteiger partial charge >= 0.3 is 0 Å². The predicted octanol–water partition coefficient (Wildman–Crippen LogP) is 3.20. The predicted molar refractivity (Wildman–Crippen MR) is 115 cm³/mol. The molecule has 0 bridgehead atoms. The summed E-state index contributed by atoms with van der Waals surface area (Å²) in [5, 5.41) is 6.60. The molecule has 0 amide bonds. The molecule has 0 fully saturated rings. The lowest BCUT2D eigenvalue weighted by Crippen LogP contribution is -2.41. The summed E-state index contributed by atoms with van der Waals surface area (Å²) in [5.41, 5.74) is 1.97. The first-order chi connectivity index (χ1) is 12.1. The third-order valence-electron chi connectivity index (χ3n) is 3.81. The van der Waals surface area contributed by atoms with Gasteiger partial charge in [-0.25, -0.2) is 9.38 Å². The Kier molecular flexibility index (Phi) is 10.1. The Labute approximate surface area is 172 Å². The van der Waals surface area contributed by atoms with E-state index in [9.17, 15) is 4.39 Å². The van der Waals surface area contributed by atoms with Crippen LogP contribution in [0.3, 0.4) is 0 Å². The van der Waals surface area contributed by atoms with Crippen LogP contribution in [0.25, 0.3) is 0 Å². The fraction of sp³-hybridized carbons (Fsp3) is 0.368. The number of guanidine groups is 1. The zero-order valence-corrected chi connectivity index (χ0v) is 17.8. The van der Waals surface area contributed by atoms with Crippen molar-refractivity contribution in [3.63, 3.8) is 0 Å². The number of hydrogen-bond donors (Lipinski definition) is 2. The number of hydrogen-bond acceptors (Lipinski definition) is 3. The molecule has 7 heteroatoms. The second-order valence-corrected chi connectivity index (χ2v) is 5.93. The SMILES string of the molecule is CCNC(=NCc1ccccn1)NCC(c1ccc(F)cc1)N(C)C.I. The number of halogens is 2. The zero-order chi connectivity index (χ0) is 18.1. The van der Waals surface area contributed by atoms with Gasteiger partial charge in [-0.15, -0.1) is 24.0 Å². The van der Waals surface area contributed by atoms with E-state index in [0.717, 1.165) is 23.8 Å². The van der Waals surface area contributed by atoms with Crippen LogP contribution in [0.2, 0.25) is 0 Å². The molecule has 0 saturated carbocycles. The van der Waals surface area contributed by atoms with E-state index in [1.54, 1.807) is 6.20 Å². The normalized spacial score (nSPS) is 12.4. The Hall–Kier alpha value is -1.74. The molecular weight excluding hydrogens is 444 g/mol. The third kappa shape index (κ3) is 7.25. The topological polar surface area (TPSA) is 52.6 Å². The summed E-state index contributed by atoms with van der Waals surface area (Å²) in [5.74, 6) is 0.515. The van der Waals surface area contributed by atoms with Crippen LogP contribution in [-0.2, 0) is 6.54 Å². The Morgan fingerprint density at radius 2 is 1.88 bits per heavy atom. The van der Waals surface area contributed by atoms with Crippen molar-refractivity contribution in [1.82, 2.24) is 20.5 Å². The lowest BCUT2D eigenvalue weighted by atomic mass is 10.1. The molecule has 2 N–H and O–H groups in total. The Bertz CT molecular complexity index is 661. The maximum absolute atomic E-state index is 13.2. The Morgan fingerprint density at radius 3 is 2.46 bits per heavy atom. The second-order valence-electron chi connectivity index (χ2n) is 5.93. The van der Waals surface area contributed by atoms with E-state index in [1.807, 2.05) is 51.4 Å². The summed E-state index contributed by atoms with van der Waals surface area (Å²) < 4.78 is 13.2. The number of pyridine rings is 1. The van der Waals surface area contributed by atoms with E-state index in [0.29, 0.717) is 13.1 Å². The summed E-state index contributed by atoms with van der Waals surface area (Å²) >= 11 is 0. The number of aromatic nitrogens is 1. The van der Waals surface area contributed by atoms with E-state index in [2.05, 4.69) is 25.5 Å². The van der Waals surface area contributed by atoms with Gasteiger partial charge in [0.15, 0.2) is 5.96 Å². The number of nitrogens with zero attached hydrogens (tertiary/aromatic N) is 3. The van der Waals surface area contributed by atoms with Gasteiger partial charge in [-0.3, -0.25) is 4.98 Å². The molecule has 0 aliphatic heterocycles. The molecule has 1 unspecified atom stereocenters. The molecule has 0 aliphatic rings. The van der Waals surface area contributed by atoms with Crippen LogP contribution in [0, 0.1) is 5.82 Å². The largest absolute Gasteiger partial charge is 0.357 e. The maximum Gasteiger partial charge on any atom is 0.191 e. The van der Waals surface area contributed by atoms with E-state index < -0.39 is 0 Å². The monoisotopic (exact) mass is 471 g/mol. The quantitative estimate of drug-likeness (QED) is 0.370. The molecule has 142 valence electrons. The van der Waals surface area contributed by atoms with Crippen LogP contribution in [-0.4, -0.2) is 43.0 Å². The van der Waals surface area contributed by atoms with Crippen molar-refractivity contribution in [3.05, 3.63) is 65.7 Å². The van der Waals surface area contributed by atoms with Crippen LogP contribution in [0.5, 0.6) is 0 Å². The molecule has 0 spiro atoms. The number of aliphatic imine (C=N–C) groups is 1. The summed E-state index contributed by atoms with van der Waals surface area (Å²) in [6.07, 6.45) is 1.77. The Morgan fingerprint density at radius 1 is 1.15 bits per heavy atom. The average molecular weight is 471 g/mol. The van der Waals surface area contributed by atoms with Crippen molar-refractivity contribution in [2.24, 2.45) is 4.99 Å². The molecule has 1 heterocycles. The lowest BCUT2D eigenvalue weighted by Gasteiger charge is -2.26. The van der Waals surface area contributed by atoms with Gasteiger partial charge in [0, 0.05) is 19.3 Å². The van der Waals surface area contributed by atoms with Crippen molar-refractivity contribution < 1.29 is 4.39 Å². The minimum atomic E-state index is -0.223. The fourth-order valence-electron chi connectivity index (χ4n) is 2.47. The summed E-state index contributed by atoms with van der Waals surface area (Å²) in [6, 6.07) is 12.5. The summed E-state index contributed by atoms with van der Waals surface area (Å²) in [7, 11) is 4.02. The van der Waals surface area contributed by atoms with E-state index in [1.165, 1.54) is 12.1 Å². The van der Waals surface area contributed by atoms with Crippen LogP contribution in [0.4, 0.5) is 4.39 Å². The number of likely N-dealkylation sites (N-methyl/N-ethyl adjacent to an activating group) is 1. The van der Waals surface area contributed by atoms with Crippen LogP contribution in [0.15, 0.2) is 53.7 Å². The number of rotatable bonds is 7. The standard InChI is InChI=1S/C19H26FN5.HI/c1-4-21-19(23-13-17-7-5-6-12-22-17)24-14-18(25(2)3)15-8-10-16(20)11-9-15;/h5-12,18H,4,13-14H2,1-3H3,(H2,21,23,24);1H. The molecular formula is C19H27FIN5. The smallest absolute Gasteiger partial charge is 0.191 e. The van der Waals surface area contributed by atoms with Gasteiger partial charge in [0.05, 0.1) is 18.3 Å². The second kappa shape index (κ2) is 11.8. The van der Waals surface area contributed by atoms with Crippen molar-refractivity contribution >= 4 is 29.9 Å². The van der Waals surface area contributed by atoms with Gasteiger partial charge in [-0.1, -0.05) is 18.2 Å². The molecule has 0 aliphatic carbocycles. The van der Waals surface area contributed by atoms with Crippen molar-refractivity contribution in [3.8, 4) is 0 Å². The number of benzene rings is 1. The van der Waals surface area contributed by atoms with Crippen LogP contribution < -0.4 is 10.6 Å². The molecule has 2 aromatic rings. The Balaban J connectivity index is 0.00000338. The van der Waals surface area contributed by atoms with Crippen LogP contribution in [0.1, 0.15) is 24.2 Å². The minimum Gasteiger partial charge on any atom is -0.357 e. The first-order valence-corrected chi connectivity index (χ1v) is 8.44. The highest BCUT2D eigenvalue weighted by Crippen LogP contribution is 2.17. The molecule has 5 nitrogen and oxygen atoms in total. The van der Waals surface area contributed by atoms with Gasteiger partial charge in [0.1, 0.15) is 5.82 Å². The molecule has 1 atom stereocenters. The molecule has 0 saturated heterocycles. The zero-order valence-electron chi connectivity index (χ0n) is 15.4. The van der Waals surface area contributed by atoms with Gasteiger partial charge in [0.2, 0.25) is 0 Å². The third-order valence-corrected chi connectivity index (χ3v) is 3.81. The van der Waals surface area contributed by atoms with E-state index in [4.69, 9.17) is 0 Å². The molecule has 2 rings (SSSR count). The van der Waals surface area contributed by atoms with Gasteiger partial charge in [-0.05, 0) is 50.8 Å². The van der Waals surface area contributed by atoms with E-state index >= 15 is 0 Å². The molecule has 1 aromatic heterocycles. The van der Waals surface area contributed by atoms with E-state index in [-0.39, 0.29) is 35.8 Å². The van der Waals surface area contributed by atoms with Gasteiger partial charge in [0.25, 0.3) is 0 Å². The van der Waals surface area contributed by atoms with Crippen molar-refractivity contribution in [2.45, 2.75) is 19.5 Å². The first-order valence-electron chi connectivity index (χ1n) is 8.44. The lowest BCUT2D eigenvalue weighted by molar-refractivity contribution is 0.298. The van der Waals surface area contributed by atoms with Gasteiger partial charge < -0.3 is 15.5 Å². The molecule has 26 heavy (non-hydrogen) atoms. The molecule has 1 aromatic carbocycles. The maximum atomic E-state index is 13.2. The summed E-state index contributed by atoms with van der Waals surface area (Å²) in [6.45, 7) is 3.98. The molecule has 0 radical (unpaired) electrons. The van der Waals surface area contributed by atoms with Crippen molar-refractivity contribution in [2.75, 3.05) is 27.2 Å². The average Bonchev–Trinajstić information content (AvgIpc) is 2.62. The minimum absolute atomic E-state index is 0.